The molecule has 1 heterocycles. The normalized spacial score (nSPS) is 13.7. The Morgan fingerprint density at radius 3 is 2.74 bits per heavy atom. The third kappa shape index (κ3) is 2.08. The quantitative estimate of drug-likeness (QED) is 0.835. The Balaban J connectivity index is 1.87. The van der Waals surface area contributed by atoms with E-state index < -0.39 is 0 Å². The minimum atomic E-state index is 0.0367. The lowest BCUT2D eigenvalue weighted by atomic mass is 10.1. The Hall–Kier alpha value is -2.29. The van der Waals surface area contributed by atoms with Crippen LogP contribution in [0.5, 0.6) is 0 Å². The van der Waals surface area contributed by atoms with Gasteiger partial charge in [0, 0.05) is 18.8 Å². The average Bonchev–Trinajstić information content (AvgIpc) is 2.68. The number of amides is 1. The summed E-state index contributed by atoms with van der Waals surface area (Å²) >= 11 is 0. The molecule has 0 fully saturated rings. The Labute approximate surface area is 112 Å². The van der Waals surface area contributed by atoms with Crippen LogP contribution in [0.4, 0.5) is 5.69 Å². The second kappa shape index (κ2) is 4.43. The van der Waals surface area contributed by atoms with Gasteiger partial charge in [-0.15, -0.1) is 0 Å². The third-order valence-corrected chi connectivity index (χ3v) is 3.50. The van der Waals surface area contributed by atoms with Gasteiger partial charge in [0.2, 0.25) is 0 Å². The number of nitrogens with zero attached hydrogens (tertiary/aromatic N) is 1. The molecule has 0 atom stereocenters. The summed E-state index contributed by atoms with van der Waals surface area (Å²) in [4.78, 5) is 14.2. The van der Waals surface area contributed by atoms with Gasteiger partial charge in [-0.2, -0.15) is 0 Å². The van der Waals surface area contributed by atoms with Gasteiger partial charge in [-0.05, 0) is 24.1 Å². The largest absolute Gasteiger partial charge is 0.398 e. The molecule has 0 bridgehead atoms. The summed E-state index contributed by atoms with van der Waals surface area (Å²) in [6, 6.07) is 13.9. The predicted molar refractivity (Wildman–Crippen MR) is 75.6 cm³/mol. The van der Waals surface area contributed by atoms with Crippen molar-refractivity contribution in [1.29, 1.82) is 0 Å². The van der Waals surface area contributed by atoms with Crippen LogP contribution < -0.4 is 5.73 Å². The number of anilines is 1. The van der Waals surface area contributed by atoms with Crippen LogP contribution in [-0.2, 0) is 13.1 Å². The molecule has 1 aliphatic heterocycles. The van der Waals surface area contributed by atoms with Crippen LogP contribution in [0.25, 0.3) is 0 Å². The van der Waals surface area contributed by atoms with Gasteiger partial charge in [-0.1, -0.05) is 42.0 Å². The van der Waals surface area contributed by atoms with Crippen LogP contribution in [-0.4, -0.2) is 10.8 Å². The molecule has 3 rings (SSSR count). The lowest BCUT2D eigenvalue weighted by Crippen LogP contribution is -2.23. The molecule has 0 unspecified atom stereocenters. The van der Waals surface area contributed by atoms with Crippen molar-refractivity contribution in [2.45, 2.75) is 20.0 Å². The van der Waals surface area contributed by atoms with Gasteiger partial charge in [-0.3, -0.25) is 4.79 Å². The number of fused-ring (bicyclic) bond motifs is 1. The topological polar surface area (TPSA) is 46.3 Å². The maximum absolute atomic E-state index is 12.4. The van der Waals surface area contributed by atoms with Crippen LogP contribution in [0.1, 0.15) is 27.0 Å². The summed E-state index contributed by atoms with van der Waals surface area (Å²) in [7, 11) is 0. The molecule has 0 radical (unpaired) electrons. The van der Waals surface area contributed by atoms with Gasteiger partial charge < -0.3 is 10.6 Å². The molecule has 2 aromatic carbocycles. The molecular weight excluding hydrogens is 236 g/mol. The van der Waals surface area contributed by atoms with E-state index in [1.54, 1.807) is 6.07 Å². The summed E-state index contributed by atoms with van der Waals surface area (Å²) < 4.78 is 0. The van der Waals surface area contributed by atoms with Crippen LogP contribution in [0.15, 0.2) is 42.5 Å². The van der Waals surface area contributed by atoms with Crippen molar-refractivity contribution in [2.75, 3.05) is 5.73 Å². The fraction of sp³-hybridized carbons (Fsp3) is 0.188. The van der Waals surface area contributed by atoms with E-state index in [1.165, 1.54) is 5.56 Å². The number of nitrogen functional groups attached to an aromatic ring is 1. The minimum absolute atomic E-state index is 0.0367. The van der Waals surface area contributed by atoms with Gasteiger partial charge in [0.15, 0.2) is 0 Å². The van der Waals surface area contributed by atoms with E-state index in [0.29, 0.717) is 24.3 Å². The second-order valence-electron chi connectivity index (χ2n) is 5.03. The van der Waals surface area contributed by atoms with Crippen molar-refractivity contribution < 1.29 is 4.79 Å². The second-order valence-corrected chi connectivity index (χ2v) is 5.03. The summed E-state index contributed by atoms with van der Waals surface area (Å²) in [5, 5.41) is 0. The molecule has 0 saturated carbocycles. The monoisotopic (exact) mass is 252 g/mol. The molecule has 2 aromatic rings. The van der Waals surface area contributed by atoms with Crippen molar-refractivity contribution in [3.8, 4) is 0 Å². The first-order valence-corrected chi connectivity index (χ1v) is 6.37. The molecule has 0 saturated heterocycles. The Morgan fingerprint density at radius 2 is 2.00 bits per heavy atom. The van der Waals surface area contributed by atoms with Gasteiger partial charge in [0.25, 0.3) is 5.91 Å². The zero-order valence-corrected chi connectivity index (χ0v) is 10.9. The van der Waals surface area contributed by atoms with E-state index in [0.717, 1.165) is 11.1 Å². The van der Waals surface area contributed by atoms with Crippen molar-refractivity contribution in [3.05, 3.63) is 64.7 Å². The standard InChI is InChI=1S/C16H16N2O/c1-11-4-2-5-12(8-11)9-18-10-13-6-3-7-14(17)15(13)16(18)19/h2-8H,9-10,17H2,1H3. The van der Waals surface area contributed by atoms with Crippen molar-refractivity contribution in [1.82, 2.24) is 4.90 Å². The van der Waals surface area contributed by atoms with Gasteiger partial charge in [-0.25, -0.2) is 0 Å². The van der Waals surface area contributed by atoms with E-state index in [-0.39, 0.29) is 5.91 Å². The van der Waals surface area contributed by atoms with Gasteiger partial charge >= 0.3 is 0 Å². The first kappa shape index (κ1) is 11.8. The molecule has 96 valence electrons. The van der Waals surface area contributed by atoms with Crippen molar-refractivity contribution >= 4 is 11.6 Å². The lowest BCUT2D eigenvalue weighted by molar-refractivity contribution is 0.0767. The molecule has 1 aliphatic rings. The van der Waals surface area contributed by atoms with E-state index >= 15 is 0 Å². The maximum Gasteiger partial charge on any atom is 0.256 e. The molecule has 0 aliphatic carbocycles. The number of benzene rings is 2. The first-order valence-electron chi connectivity index (χ1n) is 6.37. The SMILES string of the molecule is Cc1cccc(CN2Cc3cccc(N)c3C2=O)c1. The minimum Gasteiger partial charge on any atom is -0.398 e. The fourth-order valence-corrected chi connectivity index (χ4v) is 2.61. The number of hydrogen-bond donors (Lipinski definition) is 1. The zero-order chi connectivity index (χ0) is 13.4. The molecule has 0 aromatic heterocycles. The van der Waals surface area contributed by atoms with Gasteiger partial charge in [0.1, 0.15) is 0 Å². The van der Waals surface area contributed by atoms with E-state index in [1.807, 2.05) is 29.2 Å². The number of rotatable bonds is 2. The summed E-state index contributed by atoms with van der Waals surface area (Å²) in [5.41, 5.74) is 10.5. The molecule has 3 nitrogen and oxygen atoms in total. The van der Waals surface area contributed by atoms with E-state index in [9.17, 15) is 4.79 Å². The molecule has 3 heteroatoms. The third-order valence-electron chi connectivity index (χ3n) is 3.50. The van der Waals surface area contributed by atoms with Crippen molar-refractivity contribution in [3.63, 3.8) is 0 Å². The Morgan fingerprint density at radius 1 is 1.21 bits per heavy atom. The molecule has 19 heavy (non-hydrogen) atoms. The smallest absolute Gasteiger partial charge is 0.256 e. The van der Waals surface area contributed by atoms with Crippen LogP contribution >= 0.6 is 0 Å². The Kier molecular flexibility index (Phi) is 2.75. The highest BCUT2D eigenvalue weighted by Crippen LogP contribution is 2.28. The maximum atomic E-state index is 12.4. The van der Waals surface area contributed by atoms with E-state index in [2.05, 4.69) is 19.1 Å². The molecule has 2 N–H and O–H groups in total. The zero-order valence-electron chi connectivity index (χ0n) is 10.9. The van der Waals surface area contributed by atoms with Crippen molar-refractivity contribution in [2.24, 2.45) is 0 Å². The molecule has 0 spiro atoms. The molecule has 1 amide bonds. The highest BCUT2D eigenvalue weighted by molar-refractivity contribution is 6.02. The summed E-state index contributed by atoms with van der Waals surface area (Å²) in [6.07, 6.45) is 0. The lowest BCUT2D eigenvalue weighted by Gasteiger charge is -2.16. The summed E-state index contributed by atoms with van der Waals surface area (Å²) in [6.45, 7) is 3.34. The first-order chi connectivity index (χ1) is 9.15. The Bertz CT molecular complexity index is 649. The number of hydrogen-bond acceptors (Lipinski definition) is 2. The predicted octanol–water partition coefficient (Wildman–Crippen LogP) is 2.73. The van der Waals surface area contributed by atoms with Gasteiger partial charge in [0.05, 0.1) is 5.56 Å². The highest BCUT2D eigenvalue weighted by atomic mass is 16.2. The average molecular weight is 252 g/mol. The molecular formula is C16H16N2O. The number of nitrogens with two attached hydrogens (primary N) is 1. The van der Waals surface area contributed by atoms with Crippen LogP contribution in [0.2, 0.25) is 0 Å². The van der Waals surface area contributed by atoms with Crippen LogP contribution in [0, 0.1) is 6.92 Å². The number of carbonyl (C=O) groups excluding carboxylic acids is 1. The summed E-state index contributed by atoms with van der Waals surface area (Å²) in [5.74, 6) is 0.0367. The van der Waals surface area contributed by atoms with E-state index in [4.69, 9.17) is 5.73 Å². The fourth-order valence-electron chi connectivity index (χ4n) is 2.61. The van der Waals surface area contributed by atoms with Crippen LogP contribution in [0.3, 0.4) is 0 Å². The number of aryl methyl sites for hydroxylation is 1. The number of carbonyl (C=O) groups is 1. The highest BCUT2D eigenvalue weighted by Gasteiger charge is 2.28.